The van der Waals surface area contributed by atoms with E-state index in [0.29, 0.717) is 15.4 Å². The summed E-state index contributed by atoms with van der Waals surface area (Å²) >= 11 is 1.24. The number of ether oxygens (including phenoxy) is 1. The van der Waals surface area contributed by atoms with E-state index in [0.717, 1.165) is 6.54 Å². The Bertz CT molecular complexity index is 562. The van der Waals surface area contributed by atoms with Crippen LogP contribution in [0.25, 0.3) is 0 Å². The molecular formula is C15H22N2O3S. The Balaban J connectivity index is 2.26. The second kappa shape index (κ2) is 6.05. The number of esters is 1. The molecule has 21 heavy (non-hydrogen) atoms. The van der Waals surface area contributed by atoms with Gasteiger partial charge in [0.1, 0.15) is 10.6 Å². The Hall–Kier alpha value is -1.56. The molecule has 1 aromatic rings. The molecule has 1 heterocycles. The van der Waals surface area contributed by atoms with E-state index >= 15 is 0 Å². The molecule has 0 atom stereocenters. The van der Waals surface area contributed by atoms with Crippen LogP contribution in [-0.2, 0) is 4.74 Å². The molecule has 0 aromatic carbocycles. The van der Waals surface area contributed by atoms with Gasteiger partial charge in [-0.25, -0.2) is 4.79 Å². The number of thiophene rings is 1. The van der Waals surface area contributed by atoms with E-state index in [-0.39, 0.29) is 23.5 Å². The fourth-order valence-electron chi connectivity index (χ4n) is 2.49. The zero-order valence-corrected chi connectivity index (χ0v) is 13.6. The van der Waals surface area contributed by atoms with Gasteiger partial charge in [0.15, 0.2) is 5.78 Å². The fraction of sp³-hybridized carbons (Fsp3) is 0.600. The minimum absolute atomic E-state index is 0.133. The molecule has 0 aliphatic heterocycles. The van der Waals surface area contributed by atoms with E-state index in [2.05, 4.69) is 12.2 Å². The molecule has 0 bridgehead atoms. The van der Waals surface area contributed by atoms with Crippen molar-refractivity contribution in [3.63, 3.8) is 0 Å². The SMILES string of the molecule is CCOC(=O)c1c(NCC2(C)CCC2)sc(C(C)=O)c1N. The maximum absolute atomic E-state index is 12.1. The van der Waals surface area contributed by atoms with Gasteiger partial charge in [0.25, 0.3) is 0 Å². The van der Waals surface area contributed by atoms with Gasteiger partial charge in [-0.3, -0.25) is 4.79 Å². The van der Waals surface area contributed by atoms with Crippen LogP contribution in [0.3, 0.4) is 0 Å². The number of hydrogen-bond donors (Lipinski definition) is 2. The highest BCUT2D eigenvalue weighted by Crippen LogP contribution is 2.42. The molecule has 2 rings (SSSR count). The summed E-state index contributed by atoms with van der Waals surface area (Å²) in [7, 11) is 0. The Morgan fingerprint density at radius 1 is 1.43 bits per heavy atom. The fourth-order valence-corrected chi connectivity index (χ4v) is 3.49. The van der Waals surface area contributed by atoms with E-state index in [1.165, 1.54) is 37.5 Å². The van der Waals surface area contributed by atoms with Gasteiger partial charge in [-0.05, 0) is 25.2 Å². The molecule has 0 amide bonds. The first-order valence-corrected chi connectivity index (χ1v) is 8.04. The summed E-state index contributed by atoms with van der Waals surface area (Å²) in [5.41, 5.74) is 6.77. The van der Waals surface area contributed by atoms with Gasteiger partial charge in [-0.2, -0.15) is 0 Å². The summed E-state index contributed by atoms with van der Waals surface area (Å²) in [6.45, 7) is 6.47. The van der Waals surface area contributed by atoms with Crippen LogP contribution < -0.4 is 11.1 Å². The lowest BCUT2D eigenvalue weighted by molar-refractivity contribution is 0.0529. The average molecular weight is 310 g/mol. The highest BCUT2D eigenvalue weighted by Gasteiger charge is 2.33. The maximum atomic E-state index is 12.1. The first kappa shape index (κ1) is 15.8. The zero-order valence-electron chi connectivity index (χ0n) is 12.7. The van der Waals surface area contributed by atoms with Crippen molar-refractivity contribution in [3.8, 4) is 0 Å². The van der Waals surface area contributed by atoms with Crippen LogP contribution in [0.15, 0.2) is 0 Å². The Morgan fingerprint density at radius 3 is 2.57 bits per heavy atom. The molecule has 116 valence electrons. The molecule has 5 nitrogen and oxygen atoms in total. The molecule has 1 aromatic heterocycles. The molecule has 0 unspecified atom stereocenters. The predicted octanol–water partition coefficient (Wildman–Crippen LogP) is 3.31. The smallest absolute Gasteiger partial charge is 0.343 e. The van der Waals surface area contributed by atoms with Gasteiger partial charge >= 0.3 is 5.97 Å². The lowest BCUT2D eigenvalue weighted by atomic mass is 9.70. The van der Waals surface area contributed by atoms with E-state index in [1.807, 2.05) is 0 Å². The van der Waals surface area contributed by atoms with E-state index in [9.17, 15) is 9.59 Å². The molecule has 0 spiro atoms. The van der Waals surface area contributed by atoms with Crippen LogP contribution in [0.1, 0.15) is 60.1 Å². The Kier molecular flexibility index (Phi) is 4.56. The second-order valence-corrected chi connectivity index (χ2v) is 6.86. The van der Waals surface area contributed by atoms with Crippen molar-refractivity contribution >= 4 is 33.8 Å². The molecule has 1 fully saturated rings. The number of Topliss-reactive ketones (excluding diaryl/α,β-unsaturated/α-hetero) is 1. The number of nitrogens with one attached hydrogen (secondary N) is 1. The van der Waals surface area contributed by atoms with Gasteiger partial charge < -0.3 is 15.8 Å². The maximum Gasteiger partial charge on any atom is 0.343 e. The van der Waals surface area contributed by atoms with Crippen molar-refractivity contribution < 1.29 is 14.3 Å². The molecule has 0 saturated heterocycles. The summed E-state index contributed by atoms with van der Waals surface area (Å²) in [5, 5.41) is 3.94. The van der Waals surface area contributed by atoms with E-state index < -0.39 is 5.97 Å². The molecule has 0 radical (unpaired) electrons. The minimum atomic E-state index is -0.472. The standard InChI is InChI=1S/C15H22N2O3S/c1-4-20-14(19)10-11(16)12(9(2)18)21-13(10)17-8-15(3)6-5-7-15/h17H,4-8,16H2,1-3H3. The molecular weight excluding hydrogens is 288 g/mol. The van der Waals surface area contributed by atoms with Crippen molar-refractivity contribution in [2.75, 3.05) is 24.2 Å². The summed E-state index contributed by atoms with van der Waals surface area (Å²) in [6, 6.07) is 0. The number of hydrogen-bond acceptors (Lipinski definition) is 6. The molecule has 6 heteroatoms. The van der Waals surface area contributed by atoms with Crippen LogP contribution in [0.4, 0.5) is 10.7 Å². The molecule has 3 N–H and O–H groups in total. The number of anilines is 2. The van der Waals surface area contributed by atoms with E-state index in [1.54, 1.807) is 6.92 Å². The lowest BCUT2D eigenvalue weighted by Gasteiger charge is -2.38. The summed E-state index contributed by atoms with van der Waals surface area (Å²) in [6.07, 6.45) is 3.60. The molecule has 1 saturated carbocycles. The number of rotatable bonds is 6. The van der Waals surface area contributed by atoms with Crippen molar-refractivity contribution in [3.05, 3.63) is 10.4 Å². The third-order valence-corrected chi connectivity index (χ3v) is 5.24. The van der Waals surface area contributed by atoms with Crippen LogP contribution >= 0.6 is 11.3 Å². The molecule has 1 aliphatic rings. The predicted molar refractivity (Wildman–Crippen MR) is 85.1 cm³/mol. The highest BCUT2D eigenvalue weighted by atomic mass is 32.1. The van der Waals surface area contributed by atoms with Crippen LogP contribution in [0.2, 0.25) is 0 Å². The Morgan fingerprint density at radius 2 is 2.10 bits per heavy atom. The van der Waals surface area contributed by atoms with Crippen molar-refractivity contribution in [1.29, 1.82) is 0 Å². The van der Waals surface area contributed by atoms with Gasteiger partial charge in [0, 0.05) is 13.5 Å². The first-order valence-electron chi connectivity index (χ1n) is 7.22. The second-order valence-electron chi connectivity index (χ2n) is 5.84. The normalized spacial score (nSPS) is 16.1. The van der Waals surface area contributed by atoms with Crippen LogP contribution in [0, 0.1) is 5.41 Å². The third-order valence-electron chi connectivity index (χ3n) is 3.98. The lowest BCUT2D eigenvalue weighted by Crippen LogP contribution is -2.33. The minimum Gasteiger partial charge on any atom is -0.462 e. The van der Waals surface area contributed by atoms with Gasteiger partial charge in [-0.15, -0.1) is 11.3 Å². The topological polar surface area (TPSA) is 81.4 Å². The molecule has 1 aliphatic carbocycles. The van der Waals surface area contributed by atoms with Gasteiger partial charge in [0.05, 0.1) is 17.2 Å². The third kappa shape index (κ3) is 3.20. The Labute approximate surface area is 128 Å². The first-order chi connectivity index (χ1) is 9.88. The average Bonchev–Trinajstić information content (AvgIpc) is 2.71. The van der Waals surface area contributed by atoms with Gasteiger partial charge in [-0.1, -0.05) is 13.3 Å². The van der Waals surface area contributed by atoms with Crippen molar-refractivity contribution in [2.45, 2.75) is 40.0 Å². The van der Waals surface area contributed by atoms with Crippen LogP contribution in [-0.4, -0.2) is 24.9 Å². The van der Waals surface area contributed by atoms with E-state index in [4.69, 9.17) is 10.5 Å². The monoisotopic (exact) mass is 310 g/mol. The number of carbonyl (C=O) groups is 2. The van der Waals surface area contributed by atoms with Gasteiger partial charge in [0.2, 0.25) is 0 Å². The largest absolute Gasteiger partial charge is 0.462 e. The number of carbonyl (C=O) groups excluding carboxylic acids is 2. The summed E-state index contributed by atoms with van der Waals surface area (Å²) < 4.78 is 5.05. The van der Waals surface area contributed by atoms with Crippen molar-refractivity contribution in [1.82, 2.24) is 0 Å². The number of nitrogens with two attached hydrogens (primary N) is 1. The summed E-state index contributed by atoms with van der Waals surface area (Å²) in [5.74, 6) is -0.606. The number of nitrogen functional groups attached to an aromatic ring is 1. The van der Waals surface area contributed by atoms with Crippen LogP contribution in [0.5, 0.6) is 0 Å². The van der Waals surface area contributed by atoms with Crippen molar-refractivity contribution in [2.24, 2.45) is 5.41 Å². The quantitative estimate of drug-likeness (QED) is 0.622. The number of ketones is 1. The highest BCUT2D eigenvalue weighted by molar-refractivity contribution is 7.19. The zero-order chi connectivity index (χ0) is 15.6. The summed E-state index contributed by atoms with van der Waals surface area (Å²) in [4.78, 5) is 24.1.